The van der Waals surface area contributed by atoms with Gasteiger partial charge in [0, 0.05) is 6.42 Å². The van der Waals surface area contributed by atoms with Crippen LogP contribution in [0.3, 0.4) is 0 Å². The predicted molar refractivity (Wildman–Crippen MR) is 279 cm³/mol. The molecule has 0 aliphatic heterocycles. The Morgan fingerprint density at radius 1 is 0.538 bits per heavy atom. The number of quaternary nitrogens is 1. The van der Waals surface area contributed by atoms with Crippen LogP contribution in [0.2, 0.25) is 0 Å². The zero-order chi connectivity index (χ0) is 47.8. The van der Waals surface area contributed by atoms with Gasteiger partial charge in [-0.1, -0.05) is 250 Å². The topological polar surface area (TPSA) is 108 Å². The molecule has 9 heteroatoms. The van der Waals surface area contributed by atoms with E-state index in [2.05, 4.69) is 43.5 Å². The molecular formula is C56H111N2O6P. The maximum atomic E-state index is 13.0. The molecule has 3 atom stereocenters. The van der Waals surface area contributed by atoms with Crippen molar-refractivity contribution < 1.29 is 32.9 Å². The predicted octanol–water partition coefficient (Wildman–Crippen LogP) is 16.2. The molecule has 0 radical (unpaired) electrons. The molecule has 65 heavy (non-hydrogen) atoms. The fourth-order valence-electron chi connectivity index (χ4n) is 8.48. The molecule has 386 valence electrons. The largest absolute Gasteiger partial charge is 0.756 e. The number of carbonyl (C=O) groups is 1. The van der Waals surface area contributed by atoms with Gasteiger partial charge in [-0.15, -0.1) is 0 Å². The number of carbonyl (C=O) groups excluding carboxylic acids is 1. The van der Waals surface area contributed by atoms with Crippen molar-refractivity contribution in [2.45, 2.75) is 289 Å². The molecule has 0 fully saturated rings. The molecule has 0 aliphatic carbocycles. The Bertz CT molecular complexity index is 1110. The van der Waals surface area contributed by atoms with Gasteiger partial charge in [-0.25, -0.2) is 0 Å². The number of hydrogen-bond donors (Lipinski definition) is 2. The summed E-state index contributed by atoms with van der Waals surface area (Å²) >= 11 is 0. The molecule has 3 unspecified atom stereocenters. The highest BCUT2D eigenvalue weighted by Gasteiger charge is 2.24. The van der Waals surface area contributed by atoms with Crippen molar-refractivity contribution in [1.29, 1.82) is 0 Å². The highest BCUT2D eigenvalue weighted by Crippen LogP contribution is 2.38. The highest BCUT2D eigenvalue weighted by atomic mass is 31.2. The Morgan fingerprint density at radius 3 is 1.28 bits per heavy atom. The molecule has 0 aromatic rings. The van der Waals surface area contributed by atoms with Crippen LogP contribution in [-0.2, 0) is 18.4 Å². The van der Waals surface area contributed by atoms with Gasteiger partial charge in [0.1, 0.15) is 13.2 Å². The molecule has 0 bridgehead atoms. The van der Waals surface area contributed by atoms with Gasteiger partial charge in [0.05, 0.1) is 39.9 Å². The average Bonchev–Trinajstić information content (AvgIpc) is 3.26. The van der Waals surface area contributed by atoms with Crippen molar-refractivity contribution in [2.75, 3.05) is 40.9 Å². The smallest absolute Gasteiger partial charge is 0.268 e. The van der Waals surface area contributed by atoms with E-state index in [1.165, 1.54) is 205 Å². The van der Waals surface area contributed by atoms with Gasteiger partial charge in [-0.2, -0.15) is 0 Å². The standard InChI is InChI=1S/C56H111N2O6P/c1-6-8-10-12-14-16-18-20-22-23-24-25-26-27-28-29-30-31-32-33-34-35-36-38-40-42-44-46-48-50-56(60)57-54(53-64-65(61,62)63-52-51-58(3,4)5)55(59)49-47-45-43-41-39-37-21-19-17-15-13-11-9-7-2/h24-25,27-28,54-55,59H,6-23,26,29-53H2,1-5H3,(H-,57,60,61,62)/b25-24-,28-27-. The number of unbranched alkanes of at least 4 members (excludes halogenated alkanes) is 35. The number of aliphatic hydroxyl groups is 1. The normalized spacial score (nSPS) is 14.1. The van der Waals surface area contributed by atoms with Gasteiger partial charge < -0.3 is 28.8 Å². The van der Waals surface area contributed by atoms with E-state index in [4.69, 9.17) is 9.05 Å². The lowest BCUT2D eigenvalue weighted by molar-refractivity contribution is -0.870. The molecule has 0 heterocycles. The van der Waals surface area contributed by atoms with Gasteiger partial charge in [0.2, 0.25) is 5.91 Å². The summed E-state index contributed by atoms with van der Waals surface area (Å²) in [6.07, 6.45) is 59.2. The molecule has 0 aromatic carbocycles. The summed E-state index contributed by atoms with van der Waals surface area (Å²) < 4.78 is 23.4. The zero-order valence-electron chi connectivity index (χ0n) is 44.0. The van der Waals surface area contributed by atoms with Crippen LogP contribution >= 0.6 is 7.82 Å². The number of phosphoric acid groups is 1. The van der Waals surface area contributed by atoms with Crippen LogP contribution in [0, 0.1) is 0 Å². The Balaban J connectivity index is 4.07. The molecule has 0 aliphatic rings. The number of amides is 1. The lowest BCUT2D eigenvalue weighted by atomic mass is 10.0. The van der Waals surface area contributed by atoms with Crippen LogP contribution in [0.5, 0.6) is 0 Å². The first kappa shape index (κ1) is 64.0. The van der Waals surface area contributed by atoms with Crippen LogP contribution in [-0.4, -0.2) is 68.5 Å². The van der Waals surface area contributed by atoms with Crippen molar-refractivity contribution in [1.82, 2.24) is 5.32 Å². The summed E-state index contributed by atoms with van der Waals surface area (Å²) in [6.45, 7) is 4.75. The van der Waals surface area contributed by atoms with Gasteiger partial charge in [-0.05, 0) is 44.9 Å². The quantitative estimate of drug-likeness (QED) is 0.0272. The SMILES string of the molecule is CCCCCCCCCCC/C=C\C/C=C\CCCCCCCCCCCCCCCC(=O)NC(COP(=O)([O-])OCC[N+](C)(C)C)C(O)CCCCCCCCCCCCCCCC. The van der Waals surface area contributed by atoms with Crippen molar-refractivity contribution in [3.8, 4) is 0 Å². The second kappa shape index (κ2) is 48.0. The lowest BCUT2D eigenvalue weighted by Crippen LogP contribution is -2.46. The van der Waals surface area contributed by atoms with Crippen LogP contribution in [0.4, 0.5) is 0 Å². The van der Waals surface area contributed by atoms with E-state index in [0.29, 0.717) is 23.9 Å². The number of phosphoric ester groups is 1. The van der Waals surface area contributed by atoms with Gasteiger partial charge >= 0.3 is 0 Å². The zero-order valence-corrected chi connectivity index (χ0v) is 44.9. The van der Waals surface area contributed by atoms with Crippen LogP contribution in [0.25, 0.3) is 0 Å². The number of nitrogens with zero attached hydrogens (tertiary/aromatic N) is 1. The number of allylic oxidation sites excluding steroid dienone is 4. The number of hydrogen-bond acceptors (Lipinski definition) is 6. The molecule has 0 rings (SSSR count). The Morgan fingerprint density at radius 2 is 0.892 bits per heavy atom. The second-order valence-corrected chi connectivity index (χ2v) is 22.1. The summed E-state index contributed by atoms with van der Waals surface area (Å²) in [5.41, 5.74) is 0. The Hall–Kier alpha value is -1.02. The molecule has 2 N–H and O–H groups in total. The minimum absolute atomic E-state index is 0.0134. The van der Waals surface area contributed by atoms with Crippen LogP contribution in [0.1, 0.15) is 277 Å². The second-order valence-electron chi connectivity index (χ2n) is 20.6. The first-order valence-electron chi connectivity index (χ1n) is 28.2. The maximum Gasteiger partial charge on any atom is 0.268 e. The molecular weight excluding hydrogens is 828 g/mol. The summed E-state index contributed by atoms with van der Waals surface area (Å²) in [5.74, 6) is -0.163. The minimum atomic E-state index is -4.57. The first-order chi connectivity index (χ1) is 31.5. The first-order valence-corrected chi connectivity index (χ1v) is 29.6. The molecule has 8 nitrogen and oxygen atoms in total. The van der Waals surface area contributed by atoms with Gasteiger partial charge in [0.15, 0.2) is 0 Å². The summed E-state index contributed by atoms with van der Waals surface area (Å²) in [4.78, 5) is 25.5. The third-order valence-corrected chi connectivity index (χ3v) is 13.9. The number of aliphatic hydroxyl groups excluding tert-OH is 1. The number of nitrogens with one attached hydrogen (secondary N) is 1. The molecule has 0 aromatic heterocycles. The highest BCUT2D eigenvalue weighted by molar-refractivity contribution is 7.45. The maximum absolute atomic E-state index is 13.0. The molecule has 1 amide bonds. The molecule has 0 saturated carbocycles. The Labute approximate surface area is 404 Å². The van der Waals surface area contributed by atoms with Crippen molar-refractivity contribution >= 4 is 13.7 Å². The van der Waals surface area contributed by atoms with Crippen molar-refractivity contribution in [2.24, 2.45) is 0 Å². The fourth-order valence-corrected chi connectivity index (χ4v) is 9.21. The van der Waals surface area contributed by atoms with Crippen LogP contribution in [0.15, 0.2) is 24.3 Å². The third kappa shape index (κ3) is 50.7. The number of rotatable bonds is 52. The number of likely N-dealkylation sites (N-methyl/N-ethyl adjacent to an activating group) is 1. The van der Waals surface area contributed by atoms with E-state index in [9.17, 15) is 19.4 Å². The molecule has 0 saturated heterocycles. The minimum Gasteiger partial charge on any atom is -0.756 e. The molecule has 0 spiro atoms. The fraction of sp³-hybridized carbons (Fsp3) is 0.911. The van der Waals surface area contributed by atoms with Crippen molar-refractivity contribution in [3.05, 3.63) is 24.3 Å². The monoisotopic (exact) mass is 939 g/mol. The Kier molecular flexibility index (Phi) is 47.3. The van der Waals surface area contributed by atoms with E-state index < -0.39 is 20.0 Å². The average molecular weight is 939 g/mol. The summed E-state index contributed by atoms with van der Waals surface area (Å²) in [5, 5.41) is 14.0. The van der Waals surface area contributed by atoms with E-state index in [1.54, 1.807) is 0 Å². The van der Waals surface area contributed by atoms with E-state index >= 15 is 0 Å². The van der Waals surface area contributed by atoms with E-state index in [-0.39, 0.29) is 19.1 Å². The van der Waals surface area contributed by atoms with Gasteiger partial charge in [-0.3, -0.25) is 9.36 Å². The van der Waals surface area contributed by atoms with Crippen molar-refractivity contribution in [3.63, 3.8) is 0 Å². The van der Waals surface area contributed by atoms with Crippen LogP contribution < -0.4 is 10.2 Å². The third-order valence-electron chi connectivity index (χ3n) is 12.9. The summed E-state index contributed by atoms with van der Waals surface area (Å²) in [6, 6.07) is -0.799. The summed E-state index contributed by atoms with van der Waals surface area (Å²) in [7, 11) is 1.31. The van der Waals surface area contributed by atoms with Gasteiger partial charge in [0.25, 0.3) is 7.82 Å². The lowest BCUT2D eigenvalue weighted by Gasteiger charge is -2.30. The van der Waals surface area contributed by atoms with E-state index in [0.717, 1.165) is 44.9 Å². The van der Waals surface area contributed by atoms with E-state index in [1.807, 2.05) is 21.1 Å².